The number of aryl methyl sites for hydroxylation is 1. The summed E-state index contributed by atoms with van der Waals surface area (Å²) in [4.78, 5) is 32.0. The Bertz CT molecular complexity index is 1010. The van der Waals surface area contributed by atoms with Gasteiger partial charge in [-0.2, -0.15) is 0 Å². The van der Waals surface area contributed by atoms with Crippen molar-refractivity contribution in [3.63, 3.8) is 0 Å². The Morgan fingerprint density at radius 3 is 2.77 bits per heavy atom. The standard InChI is InChI=1S/C20H26N8O2/c1-22-16(29)4-2-3-7-28-13-24-17-19(27-8-10-30-11-9-27)25-18(26-20(17)28)14-5-6-15(21)23-12-14/h5-6,12-13H,2-4,7-11H2,1H3,(H2,21,23)(H,22,29). The van der Waals surface area contributed by atoms with E-state index in [0.717, 1.165) is 55.0 Å². The van der Waals surface area contributed by atoms with Gasteiger partial charge in [0.15, 0.2) is 22.8 Å². The van der Waals surface area contributed by atoms with Gasteiger partial charge in [-0.25, -0.2) is 19.9 Å². The zero-order valence-corrected chi connectivity index (χ0v) is 17.0. The number of ether oxygens (including phenoxy) is 1. The van der Waals surface area contributed by atoms with Crippen LogP contribution in [0.4, 0.5) is 11.6 Å². The summed E-state index contributed by atoms with van der Waals surface area (Å²) < 4.78 is 7.52. The highest BCUT2D eigenvalue weighted by atomic mass is 16.5. The van der Waals surface area contributed by atoms with Crippen molar-refractivity contribution in [3.05, 3.63) is 24.7 Å². The van der Waals surface area contributed by atoms with Gasteiger partial charge in [-0.1, -0.05) is 0 Å². The lowest BCUT2D eigenvalue weighted by Gasteiger charge is -2.28. The minimum Gasteiger partial charge on any atom is -0.384 e. The van der Waals surface area contributed by atoms with E-state index < -0.39 is 0 Å². The smallest absolute Gasteiger partial charge is 0.219 e. The van der Waals surface area contributed by atoms with E-state index in [4.69, 9.17) is 20.4 Å². The van der Waals surface area contributed by atoms with Crippen molar-refractivity contribution >= 4 is 28.7 Å². The molecule has 4 rings (SSSR count). The number of anilines is 2. The number of rotatable bonds is 7. The molecule has 1 aliphatic heterocycles. The first-order valence-electron chi connectivity index (χ1n) is 10.1. The van der Waals surface area contributed by atoms with Crippen LogP contribution in [0, 0.1) is 0 Å². The quantitative estimate of drug-likeness (QED) is 0.557. The SMILES string of the molecule is CNC(=O)CCCCn1cnc2c(N3CCOCC3)nc(-c3ccc(N)nc3)nc21. The normalized spacial score (nSPS) is 14.2. The van der Waals surface area contributed by atoms with E-state index >= 15 is 0 Å². The number of amides is 1. The predicted molar refractivity (Wildman–Crippen MR) is 114 cm³/mol. The Kier molecular flexibility index (Phi) is 6.03. The molecule has 1 fully saturated rings. The zero-order valence-electron chi connectivity index (χ0n) is 17.0. The number of aromatic nitrogens is 5. The van der Waals surface area contributed by atoms with E-state index in [9.17, 15) is 4.79 Å². The van der Waals surface area contributed by atoms with Gasteiger partial charge in [0.05, 0.1) is 19.5 Å². The van der Waals surface area contributed by atoms with Gasteiger partial charge in [-0.05, 0) is 25.0 Å². The molecule has 4 heterocycles. The van der Waals surface area contributed by atoms with Crippen LogP contribution in [0.5, 0.6) is 0 Å². The molecule has 10 nitrogen and oxygen atoms in total. The van der Waals surface area contributed by atoms with Crippen LogP contribution >= 0.6 is 0 Å². The topological polar surface area (TPSA) is 124 Å². The van der Waals surface area contributed by atoms with Crippen LogP contribution in [-0.4, -0.2) is 63.8 Å². The number of hydrogen-bond donors (Lipinski definition) is 2. The number of fused-ring (bicyclic) bond motifs is 1. The first-order valence-corrected chi connectivity index (χ1v) is 10.1. The number of carbonyl (C=O) groups excluding carboxylic acids is 1. The molecule has 1 saturated heterocycles. The summed E-state index contributed by atoms with van der Waals surface area (Å²) >= 11 is 0. The first kappa shape index (κ1) is 20.0. The number of unbranched alkanes of at least 4 members (excludes halogenated alkanes) is 1. The summed E-state index contributed by atoms with van der Waals surface area (Å²) in [6.45, 7) is 3.55. The number of nitrogen functional groups attached to an aromatic ring is 1. The minimum absolute atomic E-state index is 0.0561. The molecule has 158 valence electrons. The largest absolute Gasteiger partial charge is 0.384 e. The highest BCUT2D eigenvalue weighted by Crippen LogP contribution is 2.27. The Balaban J connectivity index is 1.67. The Morgan fingerprint density at radius 2 is 2.03 bits per heavy atom. The number of carbonyl (C=O) groups is 1. The molecule has 0 unspecified atom stereocenters. The van der Waals surface area contributed by atoms with Gasteiger partial charge < -0.3 is 25.3 Å². The summed E-state index contributed by atoms with van der Waals surface area (Å²) in [5, 5.41) is 2.65. The monoisotopic (exact) mass is 410 g/mol. The lowest BCUT2D eigenvalue weighted by atomic mass is 10.2. The van der Waals surface area contributed by atoms with Gasteiger partial charge in [0.25, 0.3) is 0 Å². The van der Waals surface area contributed by atoms with Crippen LogP contribution in [0.25, 0.3) is 22.6 Å². The van der Waals surface area contributed by atoms with Crippen LogP contribution < -0.4 is 16.0 Å². The van der Waals surface area contributed by atoms with Gasteiger partial charge in [0, 0.05) is 44.9 Å². The Hall–Kier alpha value is -3.27. The third kappa shape index (κ3) is 4.33. The first-order chi connectivity index (χ1) is 14.7. The number of pyridine rings is 1. The van der Waals surface area contributed by atoms with Crippen molar-refractivity contribution in [2.45, 2.75) is 25.8 Å². The summed E-state index contributed by atoms with van der Waals surface area (Å²) in [5.74, 6) is 1.90. The highest BCUT2D eigenvalue weighted by Gasteiger charge is 2.21. The fourth-order valence-electron chi connectivity index (χ4n) is 3.45. The molecule has 0 aliphatic carbocycles. The average Bonchev–Trinajstić information content (AvgIpc) is 3.20. The molecule has 0 spiro atoms. The predicted octanol–water partition coefficient (Wildman–Crippen LogP) is 1.22. The van der Waals surface area contributed by atoms with Crippen molar-refractivity contribution in [1.82, 2.24) is 29.8 Å². The minimum atomic E-state index is 0.0561. The second-order valence-electron chi connectivity index (χ2n) is 7.18. The lowest BCUT2D eigenvalue weighted by Crippen LogP contribution is -2.37. The number of imidazole rings is 1. The van der Waals surface area contributed by atoms with Crippen molar-refractivity contribution in [3.8, 4) is 11.4 Å². The molecule has 0 saturated carbocycles. The molecule has 3 aromatic heterocycles. The zero-order chi connectivity index (χ0) is 20.9. The van der Waals surface area contributed by atoms with E-state index in [1.165, 1.54) is 0 Å². The van der Waals surface area contributed by atoms with Gasteiger partial charge in [-0.15, -0.1) is 0 Å². The maximum absolute atomic E-state index is 11.4. The molecule has 0 aromatic carbocycles. The fourth-order valence-corrected chi connectivity index (χ4v) is 3.45. The maximum atomic E-state index is 11.4. The number of hydrogen-bond acceptors (Lipinski definition) is 8. The number of nitrogens with two attached hydrogens (primary N) is 1. The molecular weight excluding hydrogens is 384 g/mol. The molecule has 1 amide bonds. The van der Waals surface area contributed by atoms with Crippen molar-refractivity contribution < 1.29 is 9.53 Å². The Labute approximate surface area is 174 Å². The number of morpholine rings is 1. The third-order valence-electron chi connectivity index (χ3n) is 5.13. The second kappa shape index (κ2) is 9.04. The molecule has 0 atom stereocenters. The molecule has 0 bridgehead atoms. The summed E-state index contributed by atoms with van der Waals surface area (Å²) in [6.07, 6.45) is 5.65. The molecular formula is C20H26N8O2. The van der Waals surface area contributed by atoms with Gasteiger partial charge in [0.2, 0.25) is 5.91 Å². The van der Waals surface area contributed by atoms with E-state index in [2.05, 4.69) is 20.2 Å². The van der Waals surface area contributed by atoms with E-state index in [1.807, 2.05) is 10.6 Å². The third-order valence-corrected chi connectivity index (χ3v) is 5.13. The van der Waals surface area contributed by atoms with Gasteiger partial charge in [0.1, 0.15) is 5.82 Å². The van der Waals surface area contributed by atoms with Crippen molar-refractivity contribution in [2.75, 3.05) is 44.0 Å². The van der Waals surface area contributed by atoms with E-state index in [1.54, 1.807) is 25.6 Å². The maximum Gasteiger partial charge on any atom is 0.219 e. The summed E-state index contributed by atoms with van der Waals surface area (Å²) in [7, 11) is 1.66. The van der Waals surface area contributed by atoms with Crippen molar-refractivity contribution in [2.24, 2.45) is 0 Å². The highest BCUT2D eigenvalue weighted by molar-refractivity contribution is 5.85. The van der Waals surface area contributed by atoms with Crippen LogP contribution in [0.3, 0.4) is 0 Å². The average molecular weight is 410 g/mol. The van der Waals surface area contributed by atoms with Crippen LogP contribution in [-0.2, 0) is 16.1 Å². The molecule has 0 radical (unpaired) electrons. The second-order valence-corrected chi connectivity index (χ2v) is 7.18. The Morgan fingerprint density at radius 1 is 1.20 bits per heavy atom. The summed E-state index contributed by atoms with van der Waals surface area (Å²) in [5.41, 5.74) is 8.08. The number of nitrogens with one attached hydrogen (secondary N) is 1. The molecule has 1 aliphatic rings. The molecule has 3 aromatic rings. The molecule has 3 N–H and O–H groups in total. The van der Waals surface area contributed by atoms with Crippen LogP contribution in [0.2, 0.25) is 0 Å². The van der Waals surface area contributed by atoms with Gasteiger partial charge in [-0.3, -0.25) is 4.79 Å². The fraction of sp³-hybridized carbons (Fsp3) is 0.450. The number of nitrogens with zero attached hydrogens (tertiary/aromatic N) is 6. The van der Waals surface area contributed by atoms with E-state index in [0.29, 0.717) is 31.3 Å². The van der Waals surface area contributed by atoms with Crippen LogP contribution in [0.15, 0.2) is 24.7 Å². The van der Waals surface area contributed by atoms with E-state index in [-0.39, 0.29) is 5.91 Å². The van der Waals surface area contributed by atoms with Gasteiger partial charge >= 0.3 is 0 Å². The lowest BCUT2D eigenvalue weighted by molar-refractivity contribution is -0.120. The van der Waals surface area contributed by atoms with Crippen LogP contribution in [0.1, 0.15) is 19.3 Å². The molecule has 30 heavy (non-hydrogen) atoms. The summed E-state index contributed by atoms with van der Waals surface area (Å²) in [6, 6.07) is 3.62. The molecule has 10 heteroatoms. The van der Waals surface area contributed by atoms with Crippen molar-refractivity contribution in [1.29, 1.82) is 0 Å².